The third-order valence-corrected chi connectivity index (χ3v) is 3.48. The van der Waals surface area contributed by atoms with Gasteiger partial charge in [0.1, 0.15) is 0 Å². The third kappa shape index (κ3) is 2.55. The van der Waals surface area contributed by atoms with Crippen LogP contribution in [0.4, 0.5) is 9.52 Å². The number of methoxy groups -OCH3 is 1. The first kappa shape index (κ1) is 11.9. The Morgan fingerprint density at radius 3 is 2.82 bits per heavy atom. The normalized spacial score (nSPS) is 10.5. The molecule has 0 amide bonds. The molecule has 1 aromatic carbocycles. The van der Waals surface area contributed by atoms with Crippen LogP contribution in [0, 0.1) is 12.7 Å². The van der Waals surface area contributed by atoms with E-state index in [1.807, 2.05) is 6.92 Å². The maximum Gasteiger partial charge on any atom is 0.180 e. The van der Waals surface area contributed by atoms with E-state index in [1.165, 1.54) is 24.5 Å². The summed E-state index contributed by atoms with van der Waals surface area (Å²) in [5, 5.41) is 0.562. The number of anilines is 1. The number of benzene rings is 1. The van der Waals surface area contributed by atoms with Crippen LogP contribution >= 0.6 is 11.3 Å². The first-order valence-electron chi connectivity index (χ1n) is 5.14. The zero-order valence-electron chi connectivity index (χ0n) is 9.66. The van der Waals surface area contributed by atoms with Crippen LogP contribution in [0.1, 0.15) is 16.1 Å². The molecule has 0 saturated carbocycles. The van der Waals surface area contributed by atoms with Crippen LogP contribution in [-0.2, 0) is 6.42 Å². The highest BCUT2D eigenvalue weighted by Gasteiger charge is 2.08. The lowest BCUT2D eigenvalue weighted by molar-refractivity contribution is 0.386. The molecule has 0 aliphatic rings. The van der Waals surface area contributed by atoms with Crippen molar-refractivity contribution in [2.24, 2.45) is 0 Å². The van der Waals surface area contributed by atoms with E-state index in [0.29, 0.717) is 11.6 Å². The minimum absolute atomic E-state index is 0.262. The van der Waals surface area contributed by atoms with E-state index in [-0.39, 0.29) is 11.6 Å². The Morgan fingerprint density at radius 2 is 2.24 bits per heavy atom. The van der Waals surface area contributed by atoms with Crippen LogP contribution in [0.15, 0.2) is 18.2 Å². The second-order valence-corrected chi connectivity index (χ2v) is 4.82. The highest BCUT2D eigenvalue weighted by atomic mass is 32.1. The molecule has 0 aliphatic heterocycles. The standard InChI is InChI=1S/C12H13FN2OS/c1-7-11(17-12(14)15-7)6-8-3-4-9(13)10(5-8)16-2/h3-5H,6H2,1-2H3,(H2,14,15). The quantitative estimate of drug-likeness (QED) is 0.913. The van der Waals surface area contributed by atoms with Crippen LogP contribution < -0.4 is 10.5 Å². The molecule has 0 radical (unpaired) electrons. The molecule has 0 spiro atoms. The van der Waals surface area contributed by atoms with E-state index in [4.69, 9.17) is 10.5 Å². The van der Waals surface area contributed by atoms with Gasteiger partial charge in [0.25, 0.3) is 0 Å². The molecule has 0 atom stereocenters. The van der Waals surface area contributed by atoms with Crippen molar-refractivity contribution in [3.05, 3.63) is 40.2 Å². The zero-order chi connectivity index (χ0) is 12.4. The summed E-state index contributed by atoms with van der Waals surface area (Å²) in [5.74, 6) is -0.0885. The van der Waals surface area contributed by atoms with Crippen molar-refractivity contribution >= 4 is 16.5 Å². The number of thiazole rings is 1. The van der Waals surface area contributed by atoms with Crippen molar-refractivity contribution in [1.29, 1.82) is 0 Å². The number of aryl methyl sites for hydroxylation is 1. The fraction of sp³-hybridized carbons (Fsp3) is 0.250. The van der Waals surface area contributed by atoms with E-state index >= 15 is 0 Å². The van der Waals surface area contributed by atoms with Gasteiger partial charge in [0.05, 0.1) is 12.8 Å². The highest BCUT2D eigenvalue weighted by molar-refractivity contribution is 7.15. The molecular weight excluding hydrogens is 239 g/mol. The maximum absolute atomic E-state index is 13.2. The third-order valence-electron chi connectivity index (χ3n) is 2.49. The monoisotopic (exact) mass is 252 g/mol. The van der Waals surface area contributed by atoms with Crippen molar-refractivity contribution in [2.75, 3.05) is 12.8 Å². The molecular formula is C12H13FN2OS. The molecule has 2 N–H and O–H groups in total. The maximum atomic E-state index is 13.2. The summed E-state index contributed by atoms with van der Waals surface area (Å²) in [6.07, 6.45) is 0.692. The summed E-state index contributed by atoms with van der Waals surface area (Å²) in [5.41, 5.74) is 7.54. The molecule has 2 rings (SSSR count). The average Bonchev–Trinajstić information content (AvgIpc) is 2.60. The summed E-state index contributed by atoms with van der Waals surface area (Å²) >= 11 is 1.46. The van der Waals surface area contributed by atoms with E-state index in [2.05, 4.69) is 4.98 Å². The largest absolute Gasteiger partial charge is 0.494 e. The molecule has 0 saturated heterocycles. The zero-order valence-corrected chi connectivity index (χ0v) is 10.5. The van der Waals surface area contributed by atoms with E-state index in [9.17, 15) is 4.39 Å². The number of hydrogen-bond donors (Lipinski definition) is 1. The van der Waals surface area contributed by atoms with Crippen LogP contribution in [0.3, 0.4) is 0 Å². The van der Waals surface area contributed by atoms with Gasteiger partial charge < -0.3 is 10.5 Å². The van der Waals surface area contributed by atoms with E-state index in [1.54, 1.807) is 12.1 Å². The van der Waals surface area contributed by atoms with Gasteiger partial charge in [0.2, 0.25) is 0 Å². The summed E-state index contributed by atoms with van der Waals surface area (Å²) in [6.45, 7) is 1.92. The van der Waals surface area contributed by atoms with Gasteiger partial charge in [-0.1, -0.05) is 6.07 Å². The predicted octanol–water partition coefficient (Wildman–Crippen LogP) is 2.77. The van der Waals surface area contributed by atoms with Gasteiger partial charge in [-0.3, -0.25) is 0 Å². The summed E-state index contributed by atoms with van der Waals surface area (Å²) in [6, 6.07) is 4.85. The molecule has 0 bridgehead atoms. The molecule has 0 fully saturated rings. The SMILES string of the molecule is COc1cc(Cc2sc(N)nc2C)ccc1F. The molecule has 90 valence electrons. The number of rotatable bonds is 3. The molecule has 1 aromatic heterocycles. The van der Waals surface area contributed by atoms with Crippen molar-refractivity contribution in [3.63, 3.8) is 0 Å². The number of aromatic nitrogens is 1. The smallest absolute Gasteiger partial charge is 0.180 e. The number of hydrogen-bond acceptors (Lipinski definition) is 4. The predicted molar refractivity (Wildman–Crippen MR) is 67.0 cm³/mol. The van der Waals surface area contributed by atoms with Gasteiger partial charge in [-0.05, 0) is 24.6 Å². The second-order valence-electron chi connectivity index (χ2n) is 3.71. The molecule has 17 heavy (non-hydrogen) atoms. The fourth-order valence-corrected chi connectivity index (χ4v) is 2.48. The van der Waals surface area contributed by atoms with Crippen LogP contribution in [0.2, 0.25) is 0 Å². The Kier molecular flexibility index (Phi) is 3.28. The Balaban J connectivity index is 2.27. The lowest BCUT2D eigenvalue weighted by Crippen LogP contribution is -1.92. The summed E-state index contributed by atoms with van der Waals surface area (Å²) in [7, 11) is 1.46. The van der Waals surface area contributed by atoms with Gasteiger partial charge in [-0.25, -0.2) is 9.37 Å². The molecule has 5 heteroatoms. The van der Waals surface area contributed by atoms with Crippen molar-refractivity contribution in [3.8, 4) is 5.75 Å². The Morgan fingerprint density at radius 1 is 1.47 bits per heavy atom. The van der Waals surface area contributed by atoms with Crippen LogP contribution in [0.5, 0.6) is 5.75 Å². The van der Waals surface area contributed by atoms with E-state index < -0.39 is 0 Å². The number of nitrogen functional groups attached to an aromatic ring is 1. The lowest BCUT2D eigenvalue weighted by Gasteiger charge is -2.05. The first-order chi connectivity index (χ1) is 8.10. The Labute approximate surface area is 103 Å². The average molecular weight is 252 g/mol. The topological polar surface area (TPSA) is 48.1 Å². The van der Waals surface area contributed by atoms with Gasteiger partial charge in [0.15, 0.2) is 16.7 Å². The number of halogens is 1. The highest BCUT2D eigenvalue weighted by Crippen LogP contribution is 2.25. The molecule has 0 aliphatic carbocycles. The number of ether oxygens (including phenoxy) is 1. The minimum atomic E-state index is -0.350. The number of nitrogens with two attached hydrogens (primary N) is 1. The van der Waals surface area contributed by atoms with Crippen LogP contribution in [-0.4, -0.2) is 12.1 Å². The lowest BCUT2D eigenvalue weighted by atomic mass is 10.1. The van der Waals surface area contributed by atoms with E-state index in [0.717, 1.165) is 16.1 Å². The molecule has 1 heterocycles. The van der Waals surface area contributed by atoms with Crippen molar-refractivity contribution in [1.82, 2.24) is 4.98 Å². The molecule has 2 aromatic rings. The fourth-order valence-electron chi connectivity index (χ4n) is 1.61. The summed E-state index contributed by atoms with van der Waals surface area (Å²) in [4.78, 5) is 5.25. The molecule has 0 unspecified atom stereocenters. The van der Waals surface area contributed by atoms with Crippen molar-refractivity contribution in [2.45, 2.75) is 13.3 Å². The second kappa shape index (κ2) is 4.71. The van der Waals surface area contributed by atoms with Gasteiger partial charge in [-0.2, -0.15) is 0 Å². The Bertz CT molecular complexity index is 539. The summed E-state index contributed by atoms with van der Waals surface area (Å²) < 4.78 is 18.2. The van der Waals surface area contributed by atoms with Crippen LogP contribution in [0.25, 0.3) is 0 Å². The van der Waals surface area contributed by atoms with Gasteiger partial charge >= 0.3 is 0 Å². The van der Waals surface area contributed by atoms with Crippen molar-refractivity contribution < 1.29 is 9.13 Å². The first-order valence-corrected chi connectivity index (χ1v) is 5.96. The molecule has 3 nitrogen and oxygen atoms in total. The van der Waals surface area contributed by atoms with Gasteiger partial charge in [-0.15, -0.1) is 11.3 Å². The van der Waals surface area contributed by atoms with Gasteiger partial charge in [0, 0.05) is 11.3 Å². The minimum Gasteiger partial charge on any atom is -0.494 e. The Hall–Kier alpha value is -1.62. The number of nitrogens with zero attached hydrogens (tertiary/aromatic N) is 1.